The van der Waals surface area contributed by atoms with E-state index in [1.165, 1.54) is 30.3 Å². The van der Waals surface area contributed by atoms with E-state index in [0.717, 1.165) is 0 Å². The molecule has 0 fully saturated rings. The lowest BCUT2D eigenvalue weighted by atomic mass is 10.1. The molecule has 1 aromatic heterocycles. The first kappa shape index (κ1) is 15.0. The normalized spacial score (nSPS) is 11.6. The van der Waals surface area contributed by atoms with E-state index in [9.17, 15) is 18.0 Å². The van der Waals surface area contributed by atoms with Gasteiger partial charge in [-0.2, -0.15) is 0 Å². The van der Waals surface area contributed by atoms with Crippen molar-refractivity contribution >= 4 is 16.9 Å². The average Bonchev–Trinajstić information content (AvgIpc) is 2.88. The number of aromatic carboxylic acids is 1. The highest BCUT2D eigenvalue weighted by Gasteiger charge is 2.31. The van der Waals surface area contributed by atoms with Crippen LogP contribution in [0.1, 0.15) is 10.4 Å². The van der Waals surface area contributed by atoms with Crippen LogP contribution in [0.5, 0.6) is 5.75 Å². The van der Waals surface area contributed by atoms with Crippen LogP contribution < -0.4 is 4.74 Å². The number of carboxylic acids is 1. The van der Waals surface area contributed by atoms with Gasteiger partial charge in [-0.25, -0.2) is 4.79 Å². The molecule has 0 aliphatic carbocycles. The van der Waals surface area contributed by atoms with Crippen molar-refractivity contribution in [2.75, 3.05) is 0 Å². The second-order valence-electron chi connectivity index (χ2n) is 4.81. The van der Waals surface area contributed by atoms with Crippen LogP contribution in [0.4, 0.5) is 13.2 Å². The molecule has 0 radical (unpaired) electrons. The van der Waals surface area contributed by atoms with Crippen molar-refractivity contribution in [2.45, 2.75) is 6.36 Å². The Balaban J connectivity index is 2.03. The summed E-state index contributed by atoms with van der Waals surface area (Å²) in [5, 5.41) is 9.66. The first-order chi connectivity index (χ1) is 10.8. The summed E-state index contributed by atoms with van der Waals surface area (Å²) in [6, 6.07) is 11.8. The summed E-state index contributed by atoms with van der Waals surface area (Å²) in [6.45, 7) is 0. The SMILES string of the molecule is O=C(O)c1ccc2c(ccn2-c2cccc(OC(F)(F)F)c2)c1. The van der Waals surface area contributed by atoms with Gasteiger partial charge in [0.1, 0.15) is 5.75 Å². The zero-order valence-corrected chi connectivity index (χ0v) is 11.5. The molecule has 1 heterocycles. The Morgan fingerprint density at radius 2 is 1.87 bits per heavy atom. The quantitative estimate of drug-likeness (QED) is 0.785. The molecule has 0 amide bonds. The van der Waals surface area contributed by atoms with E-state index in [-0.39, 0.29) is 11.3 Å². The van der Waals surface area contributed by atoms with Crippen molar-refractivity contribution in [1.29, 1.82) is 0 Å². The minimum atomic E-state index is -4.76. The predicted molar refractivity (Wildman–Crippen MR) is 76.9 cm³/mol. The Morgan fingerprint density at radius 3 is 2.57 bits per heavy atom. The molecule has 7 heteroatoms. The number of alkyl halides is 3. The molecule has 0 spiro atoms. The third kappa shape index (κ3) is 3.13. The molecule has 3 aromatic rings. The number of aromatic nitrogens is 1. The minimum absolute atomic E-state index is 0.143. The Kier molecular flexibility index (Phi) is 3.48. The van der Waals surface area contributed by atoms with Crippen LogP contribution in [0.3, 0.4) is 0 Å². The van der Waals surface area contributed by atoms with E-state index in [0.29, 0.717) is 16.6 Å². The Morgan fingerprint density at radius 1 is 1.09 bits per heavy atom. The molecule has 0 aliphatic heterocycles. The van der Waals surface area contributed by atoms with E-state index >= 15 is 0 Å². The van der Waals surface area contributed by atoms with Crippen LogP contribution in [0.15, 0.2) is 54.7 Å². The van der Waals surface area contributed by atoms with Gasteiger partial charge in [0.25, 0.3) is 0 Å². The van der Waals surface area contributed by atoms with Gasteiger partial charge in [0.05, 0.1) is 11.1 Å². The first-order valence-electron chi connectivity index (χ1n) is 6.54. The molecule has 118 valence electrons. The third-order valence-electron chi connectivity index (χ3n) is 3.27. The minimum Gasteiger partial charge on any atom is -0.478 e. The van der Waals surface area contributed by atoms with Gasteiger partial charge in [-0.15, -0.1) is 13.2 Å². The second kappa shape index (κ2) is 5.35. The number of rotatable bonds is 3. The molecule has 2 aromatic carbocycles. The van der Waals surface area contributed by atoms with Crippen molar-refractivity contribution in [3.05, 3.63) is 60.3 Å². The van der Waals surface area contributed by atoms with E-state index < -0.39 is 12.3 Å². The summed E-state index contributed by atoms with van der Waals surface area (Å²) in [5.74, 6) is -1.36. The molecule has 3 rings (SSSR count). The maximum Gasteiger partial charge on any atom is 0.573 e. The van der Waals surface area contributed by atoms with Crippen LogP contribution in [0.25, 0.3) is 16.6 Å². The molecule has 0 aliphatic rings. The van der Waals surface area contributed by atoms with Crippen LogP contribution in [0.2, 0.25) is 0 Å². The molecular weight excluding hydrogens is 311 g/mol. The van der Waals surface area contributed by atoms with Gasteiger partial charge < -0.3 is 14.4 Å². The molecule has 0 atom stereocenters. The lowest BCUT2D eigenvalue weighted by Crippen LogP contribution is -2.17. The predicted octanol–water partition coefficient (Wildman–Crippen LogP) is 4.23. The number of carboxylic acid groups (broad SMARTS) is 1. The third-order valence-corrected chi connectivity index (χ3v) is 3.27. The molecule has 23 heavy (non-hydrogen) atoms. The number of carbonyl (C=O) groups is 1. The molecule has 0 saturated heterocycles. The molecule has 0 bridgehead atoms. The fourth-order valence-corrected chi connectivity index (χ4v) is 2.33. The van der Waals surface area contributed by atoms with Crippen LogP contribution in [-0.2, 0) is 0 Å². The standard InChI is InChI=1S/C16H10F3NO3/c17-16(18,19)23-13-3-1-2-12(9-13)20-7-6-10-8-11(15(21)22)4-5-14(10)20/h1-9H,(H,21,22). The zero-order valence-electron chi connectivity index (χ0n) is 11.5. The van der Waals surface area contributed by atoms with Crippen molar-refractivity contribution in [1.82, 2.24) is 4.57 Å². The summed E-state index contributed by atoms with van der Waals surface area (Å²) in [6.07, 6.45) is -3.10. The number of ether oxygens (including phenoxy) is 1. The molecule has 0 saturated carbocycles. The molecule has 1 N–H and O–H groups in total. The number of fused-ring (bicyclic) bond motifs is 1. The van der Waals surface area contributed by atoms with Gasteiger partial charge >= 0.3 is 12.3 Å². The van der Waals surface area contributed by atoms with Crippen molar-refractivity contribution < 1.29 is 27.8 Å². The number of benzene rings is 2. The zero-order chi connectivity index (χ0) is 16.6. The first-order valence-corrected chi connectivity index (χ1v) is 6.54. The summed E-state index contributed by atoms with van der Waals surface area (Å²) >= 11 is 0. The highest BCUT2D eigenvalue weighted by Crippen LogP contribution is 2.27. The highest BCUT2D eigenvalue weighted by atomic mass is 19.4. The average molecular weight is 321 g/mol. The van der Waals surface area contributed by atoms with Crippen molar-refractivity contribution in [3.8, 4) is 11.4 Å². The Labute approximate surface area is 128 Å². The van der Waals surface area contributed by atoms with Crippen LogP contribution in [0, 0.1) is 0 Å². The second-order valence-corrected chi connectivity index (χ2v) is 4.81. The molecule has 0 unspecified atom stereocenters. The monoisotopic (exact) mass is 321 g/mol. The van der Waals surface area contributed by atoms with Gasteiger partial charge in [-0.1, -0.05) is 6.07 Å². The topological polar surface area (TPSA) is 51.5 Å². The number of hydrogen-bond acceptors (Lipinski definition) is 2. The van der Waals surface area contributed by atoms with Gasteiger partial charge in [-0.05, 0) is 36.4 Å². The van der Waals surface area contributed by atoms with E-state index in [1.807, 2.05) is 0 Å². The number of halogens is 3. The molecule has 4 nitrogen and oxygen atoms in total. The van der Waals surface area contributed by atoms with Gasteiger partial charge in [0.15, 0.2) is 0 Å². The Hall–Kier alpha value is -2.96. The van der Waals surface area contributed by atoms with Gasteiger partial charge in [0.2, 0.25) is 0 Å². The fraction of sp³-hybridized carbons (Fsp3) is 0.0625. The number of nitrogens with zero attached hydrogens (tertiary/aromatic N) is 1. The lowest BCUT2D eigenvalue weighted by molar-refractivity contribution is -0.274. The van der Waals surface area contributed by atoms with Crippen LogP contribution in [-0.4, -0.2) is 22.0 Å². The summed E-state index contributed by atoms with van der Waals surface area (Å²) < 4.78 is 42.5. The fourth-order valence-electron chi connectivity index (χ4n) is 2.33. The van der Waals surface area contributed by atoms with Crippen molar-refractivity contribution in [3.63, 3.8) is 0 Å². The molecular formula is C16H10F3NO3. The van der Waals surface area contributed by atoms with Crippen LogP contribution >= 0.6 is 0 Å². The maximum atomic E-state index is 12.3. The summed E-state index contributed by atoms with van der Waals surface area (Å²) in [4.78, 5) is 11.0. The highest BCUT2D eigenvalue weighted by molar-refractivity contribution is 5.94. The Bertz CT molecular complexity index is 884. The summed E-state index contributed by atoms with van der Waals surface area (Å²) in [5.41, 5.74) is 1.30. The van der Waals surface area contributed by atoms with E-state index in [1.54, 1.807) is 29.0 Å². The maximum absolute atomic E-state index is 12.3. The number of hydrogen-bond donors (Lipinski definition) is 1. The largest absolute Gasteiger partial charge is 0.573 e. The van der Waals surface area contributed by atoms with Crippen molar-refractivity contribution in [2.24, 2.45) is 0 Å². The van der Waals surface area contributed by atoms with Gasteiger partial charge in [0, 0.05) is 23.3 Å². The van der Waals surface area contributed by atoms with Gasteiger partial charge in [-0.3, -0.25) is 0 Å². The summed E-state index contributed by atoms with van der Waals surface area (Å²) in [7, 11) is 0. The van der Waals surface area contributed by atoms with E-state index in [4.69, 9.17) is 5.11 Å². The smallest absolute Gasteiger partial charge is 0.478 e. The lowest BCUT2D eigenvalue weighted by Gasteiger charge is -2.11. The van der Waals surface area contributed by atoms with E-state index in [2.05, 4.69) is 4.74 Å².